The maximum absolute atomic E-state index is 12.8. The molecule has 128 valence electrons. The summed E-state index contributed by atoms with van der Waals surface area (Å²) in [6.07, 6.45) is 5.21. The van der Waals surface area contributed by atoms with Gasteiger partial charge in [0, 0.05) is 35.8 Å². The van der Waals surface area contributed by atoms with E-state index in [4.69, 9.17) is 0 Å². The number of carbonyl (C=O) groups excluding carboxylic acids is 2. The second-order valence-corrected chi connectivity index (χ2v) is 7.38. The summed E-state index contributed by atoms with van der Waals surface area (Å²) in [5.41, 5.74) is 1.61. The van der Waals surface area contributed by atoms with Gasteiger partial charge in [-0.05, 0) is 36.8 Å². The van der Waals surface area contributed by atoms with Gasteiger partial charge in [0.15, 0.2) is 0 Å². The number of piperidine rings is 1. The Bertz CT molecular complexity index is 905. The van der Waals surface area contributed by atoms with Gasteiger partial charge in [-0.25, -0.2) is 0 Å². The molecular formula is C20H20N2O2S. The summed E-state index contributed by atoms with van der Waals surface area (Å²) >= 11 is 1.45. The van der Waals surface area contributed by atoms with Gasteiger partial charge in [0.1, 0.15) is 6.54 Å². The van der Waals surface area contributed by atoms with E-state index in [-0.39, 0.29) is 18.2 Å². The predicted octanol–water partition coefficient (Wildman–Crippen LogP) is 3.95. The van der Waals surface area contributed by atoms with Crippen LogP contribution in [0.25, 0.3) is 10.9 Å². The lowest BCUT2D eigenvalue weighted by atomic mass is 10.1. The number of benzene rings is 1. The molecule has 0 unspecified atom stereocenters. The van der Waals surface area contributed by atoms with Crippen LogP contribution in [-0.4, -0.2) is 34.2 Å². The summed E-state index contributed by atoms with van der Waals surface area (Å²) in [5.74, 6) is 0.158. The van der Waals surface area contributed by atoms with Crippen LogP contribution in [0.4, 0.5) is 0 Å². The summed E-state index contributed by atoms with van der Waals surface area (Å²) < 4.78 is 1.92. The fraction of sp³-hybridized carbons (Fsp3) is 0.300. The molecule has 5 heteroatoms. The predicted molar refractivity (Wildman–Crippen MR) is 100 cm³/mol. The second kappa shape index (κ2) is 6.84. The number of ketones is 1. The van der Waals surface area contributed by atoms with Gasteiger partial charge in [0.2, 0.25) is 11.7 Å². The zero-order valence-electron chi connectivity index (χ0n) is 14.0. The smallest absolute Gasteiger partial charge is 0.242 e. The largest absolute Gasteiger partial charge is 0.341 e. The number of hydrogen-bond donors (Lipinski definition) is 0. The van der Waals surface area contributed by atoms with E-state index in [0.29, 0.717) is 5.56 Å². The average molecular weight is 352 g/mol. The minimum absolute atomic E-state index is 0.0235. The van der Waals surface area contributed by atoms with Crippen LogP contribution < -0.4 is 0 Å². The van der Waals surface area contributed by atoms with Gasteiger partial charge < -0.3 is 9.47 Å². The molecule has 1 saturated heterocycles. The lowest BCUT2D eigenvalue weighted by Crippen LogP contribution is -2.37. The quantitative estimate of drug-likeness (QED) is 0.667. The van der Waals surface area contributed by atoms with E-state index in [2.05, 4.69) is 0 Å². The number of fused-ring (bicyclic) bond motifs is 1. The van der Waals surface area contributed by atoms with Gasteiger partial charge in [-0.3, -0.25) is 9.59 Å². The molecule has 3 aromatic rings. The highest BCUT2D eigenvalue weighted by molar-refractivity contribution is 7.12. The van der Waals surface area contributed by atoms with Crippen LogP contribution in [0.3, 0.4) is 0 Å². The zero-order chi connectivity index (χ0) is 17.2. The van der Waals surface area contributed by atoms with Crippen molar-refractivity contribution in [2.45, 2.75) is 25.8 Å². The highest BCUT2D eigenvalue weighted by Crippen LogP contribution is 2.25. The first-order chi connectivity index (χ1) is 12.2. The van der Waals surface area contributed by atoms with Crippen molar-refractivity contribution in [3.63, 3.8) is 0 Å². The van der Waals surface area contributed by atoms with E-state index in [1.807, 2.05) is 57.4 Å². The molecule has 0 atom stereocenters. The minimum Gasteiger partial charge on any atom is -0.341 e. The Labute approximate surface area is 150 Å². The average Bonchev–Trinajstić information content (AvgIpc) is 3.31. The van der Waals surface area contributed by atoms with Gasteiger partial charge in [0.05, 0.1) is 4.88 Å². The Balaban J connectivity index is 1.67. The first-order valence-electron chi connectivity index (χ1n) is 8.68. The fourth-order valence-electron chi connectivity index (χ4n) is 3.49. The summed E-state index contributed by atoms with van der Waals surface area (Å²) in [6, 6.07) is 11.5. The maximum atomic E-state index is 12.8. The van der Waals surface area contributed by atoms with Crippen molar-refractivity contribution in [2.75, 3.05) is 13.1 Å². The molecule has 0 spiro atoms. The molecule has 4 nitrogen and oxygen atoms in total. The number of para-hydroxylation sites is 1. The third kappa shape index (κ3) is 3.12. The first-order valence-corrected chi connectivity index (χ1v) is 9.56. The number of nitrogens with zero attached hydrogens (tertiary/aromatic N) is 2. The summed E-state index contributed by atoms with van der Waals surface area (Å²) in [6.45, 7) is 1.98. The van der Waals surface area contributed by atoms with Crippen LogP contribution in [0.15, 0.2) is 48.0 Å². The normalized spacial score (nSPS) is 14.8. The van der Waals surface area contributed by atoms with Crippen LogP contribution in [0.5, 0.6) is 0 Å². The topological polar surface area (TPSA) is 42.3 Å². The summed E-state index contributed by atoms with van der Waals surface area (Å²) in [5, 5.41) is 2.82. The Morgan fingerprint density at radius 3 is 2.56 bits per heavy atom. The molecule has 1 aliphatic rings. The van der Waals surface area contributed by atoms with Crippen molar-refractivity contribution in [1.29, 1.82) is 0 Å². The van der Waals surface area contributed by atoms with E-state index < -0.39 is 0 Å². The van der Waals surface area contributed by atoms with Gasteiger partial charge >= 0.3 is 0 Å². The Morgan fingerprint density at radius 1 is 1.00 bits per heavy atom. The number of thiophene rings is 1. The number of rotatable bonds is 4. The monoisotopic (exact) mass is 352 g/mol. The molecule has 1 amide bonds. The second-order valence-electron chi connectivity index (χ2n) is 6.44. The van der Waals surface area contributed by atoms with Gasteiger partial charge in [0.25, 0.3) is 0 Å². The van der Waals surface area contributed by atoms with Crippen LogP contribution >= 0.6 is 11.3 Å². The molecule has 1 aliphatic heterocycles. The van der Waals surface area contributed by atoms with Gasteiger partial charge in [-0.15, -0.1) is 11.3 Å². The van der Waals surface area contributed by atoms with Crippen LogP contribution in [0, 0.1) is 0 Å². The Hall–Kier alpha value is -2.40. The van der Waals surface area contributed by atoms with Crippen LogP contribution in [0.2, 0.25) is 0 Å². The van der Waals surface area contributed by atoms with E-state index in [1.165, 1.54) is 17.8 Å². The lowest BCUT2D eigenvalue weighted by molar-refractivity contribution is -0.132. The number of aromatic nitrogens is 1. The molecule has 1 fully saturated rings. The molecule has 0 radical (unpaired) electrons. The SMILES string of the molecule is O=C(c1cccs1)c1cn(CC(=O)N2CCCCC2)c2ccccc12. The molecule has 0 bridgehead atoms. The number of carbonyl (C=O) groups is 2. The third-order valence-electron chi connectivity index (χ3n) is 4.79. The van der Waals surface area contributed by atoms with E-state index >= 15 is 0 Å². The summed E-state index contributed by atoms with van der Waals surface area (Å²) in [4.78, 5) is 28.1. The number of amides is 1. The van der Waals surface area contributed by atoms with E-state index in [0.717, 1.165) is 41.7 Å². The van der Waals surface area contributed by atoms with Gasteiger partial charge in [-0.2, -0.15) is 0 Å². The van der Waals surface area contributed by atoms with Crippen molar-refractivity contribution in [2.24, 2.45) is 0 Å². The maximum Gasteiger partial charge on any atom is 0.242 e. The highest BCUT2D eigenvalue weighted by Gasteiger charge is 2.21. The van der Waals surface area contributed by atoms with Crippen molar-refractivity contribution in [3.05, 3.63) is 58.4 Å². The molecule has 1 aromatic carbocycles. The minimum atomic E-state index is 0.0235. The van der Waals surface area contributed by atoms with E-state index in [1.54, 1.807) is 0 Å². The molecule has 2 aromatic heterocycles. The standard InChI is InChI=1S/C20H20N2O2S/c23-19(21-10-4-1-5-11-21)14-22-13-16(15-7-2-3-8-17(15)22)20(24)18-9-6-12-25-18/h2-3,6-9,12-13H,1,4-5,10-11,14H2. The fourth-order valence-corrected chi connectivity index (χ4v) is 4.17. The molecule has 0 aliphatic carbocycles. The highest BCUT2D eigenvalue weighted by atomic mass is 32.1. The Kier molecular flexibility index (Phi) is 4.40. The molecule has 3 heterocycles. The molecule has 0 N–H and O–H groups in total. The number of hydrogen-bond acceptors (Lipinski definition) is 3. The van der Waals surface area contributed by atoms with Crippen molar-refractivity contribution in [3.8, 4) is 0 Å². The van der Waals surface area contributed by atoms with Crippen molar-refractivity contribution in [1.82, 2.24) is 9.47 Å². The van der Waals surface area contributed by atoms with Gasteiger partial charge in [-0.1, -0.05) is 24.3 Å². The lowest BCUT2D eigenvalue weighted by Gasteiger charge is -2.27. The number of likely N-dealkylation sites (tertiary alicyclic amines) is 1. The molecule has 4 rings (SSSR count). The van der Waals surface area contributed by atoms with Crippen LogP contribution in [-0.2, 0) is 11.3 Å². The molecule has 0 saturated carbocycles. The molecular weight excluding hydrogens is 332 g/mol. The van der Waals surface area contributed by atoms with Crippen LogP contribution in [0.1, 0.15) is 34.5 Å². The van der Waals surface area contributed by atoms with Crippen molar-refractivity contribution < 1.29 is 9.59 Å². The summed E-state index contributed by atoms with van der Waals surface area (Å²) in [7, 11) is 0. The third-order valence-corrected chi connectivity index (χ3v) is 5.66. The van der Waals surface area contributed by atoms with E-state index in [9.17, 15) is 9.59 Å². The zero-order valence-corrected chi connectivity index (χ0v) is 14.8. The molecule has 25 heavy (non-hydrogen) atoms. The van der Waals surface area contributed by atoms with Crippen molar-refractivity contribution >= 4 is 33.9 Å². The first kappa shape index (κ1) is 16.1. The Morgan fingerprint density at radius 2 is 1.80 bits per heavy atom.